The summed E-state index contributed by atoms with van der Waals surface area (Å²) in [6.07, 6.45) is 0.604. The second kappa shape index (κ2) is 4.23. The Morgan fingerprint density at radius 1 is 1.25 bits per heavy atom. The molecule has 0 spiro atoms. The third-order valence-corrected chi connectivity index (χ3v) is 2.51. The molecule has 12 heavy (non-hydrogen) atoms. The predicted octanol–water partition coefficient (Wildman–Crippen LogP) is 1.79. The Morgan fingerprint density at radius 2 is 1.75 bits per heavy atom. The van der Waals surface area contributed by atoms with Gasteiger partial charge in [0.15, 0.2) is 0 Å². The molecule has 0 aliphatic carbocycles. The molecule has 0 amide bonds. The van der Waals surface area contributed by atoms with Crippen LogP contribution in [0.2, 0.25) is 0 Å². The number of rotatable bonds is 4. The average Bonchev–Trinajstić information content (AvgIpc) is 1.83. The van der Waals surface area contributed by atoms with Gasteiger partial charge in [-0.1, -0.05) is 27.7 Å². The summed E-state index contributed by atoms with van der Waals surface area (Å²) in [7, 11) is -3.26. The smallest absolute Gasteiger partial charge is 0.267 e. The fourth-order valence-corrected chi connectivity index (χ4v) is 1.73. The molecule has 4 heteroatoms. The molecule has 0 bridgehead atoms. The highest BCUT2D eigenvalue weighted by molar-refractivity contribution is 7.86. The standard InChI is InChI=1S/C8H18O3S/c1-5-6-12(9,10)11-7-8(2,3)4/h5-7H2,1-4H3. The second-order valence-corrected chi connectivity index (χ2v) is 5.84. The van der Waals surface area contributed by atoms with E-state index in [9.17, 15) is 8.42 Å². The second-order valence-electron chi connectivity index (χ2n) is 4.08. The zero-order chi connectivity index (χ0) is 9.83. The lowest BCUT2D eigenvalue weighted by atomic mass is 9.99. The van der Waals surface area contributed by atoms with Gasteiger partial charge in [-0.3, -0.25) is 4.18 Å². The van der Waals surface area contributed by atoms with Crippen LogP contribution in [0.5, 0.6) is 0 Å². The maximum Gasteiger partial charge on any atom is 0.267 e. The van der Waals surface area contributed by atoms with Crippen molar-refractivity contribution in [1.82, 2.24) is 0 Å². The first-order valence-corrected chi connectivity index (χ1v) is 5.72. The van der Waals surface area contributed by atoms with E-state index in [0.29, 0.717) is 6.42 Å². The van der Waals surface area contributed by atoms with E-state index < -0.39 is 10.1 Å². The lowest BCUT2D eigenvalue weighted by Crippen LogP contribution is -2.20. The predicted molar refractivity (Wildman–Crippen MR) is 49.5 cm³/mol. The van der Waals surface area contributed by atoms with Crippen LogP contribution in [0.25, 0.3) is 0 Å². The van der Waals surface area contributed by atoms with Crippen molar-refractivity contribution in [3.8, 4) is 0 Å². The van der Waals surface area contributed by atoms with E-state index in [2.05, 4.69) is 0 Å². The van der Waals surface area contributed by atoms with Gasteiger partial charge in [-0.15, -0.1) is 0 Å². The van der Waals surface area contributed by atoms with Crippen LogP contribution >= 0.6 is 0 Å². The van der Waals surface area contributed by atoms with Gasteiger partial charge in [0.1, 0.15) is 0 Å². The van der Waals surface area contributed by atoms with Crippen LogP contribution in [0, 0.1) is 5.41 Å². The van der Waals surface area contributed by atoms with Crippen LogP contribution in [-0.4, -0.2) is 20.8 Å². The minimum absolute atomic E-state index is 0.0964. The minimum atomic E-state index is -3.26. The van der Waals surface area contributed by atoms with E-state index in [-0.39, 0.29) is 17.8 Å². The third kappa shape index (κ3) is 6.61. The Kier molecular flexibility index (Phi) is 4.20. The Hall–Kier alpha value is -0.0900. The molecule has 0 aromatic carbocycles. The van der Waals surface area contributed by atoms with Gasteiger partial charge in [-0.05, 0) is 11.8 Å². The molecular weight excluding hydrogens is 176 g/mol. The summed E-state index contributed by atoms with van der Waals surface area (Å²) in [6.45, 7) is 7.89. The highest BCUT2D eigenvalue weighted by Gasteiger charge is 2.16. The molecule has 3 nitrogen and oxygen atoms in total. The van der Waals surface area contributed by atoms with Gasteiger partial charge in [-0.25, -0.2) is 0 Å². The molecule has 0 rings (SSSR count). The molecule has 0 aromatic rings. The normalized spacial score (nSPS) is 13.3. The van der Waals surface area contributed by atoms with Crippen molar-refractivity contribution >= 4 is 10.1 Å². The molecule has 0 aromatic heterocycles. The fraction of sp³-hybridized carbons (Fsp3) is 1.00. The molecule has 0 saturated carbocycles. The average molecular weight is 194 g/mol. The minimum Gasteiger partial charge on any atom is -0.270 e. The van der Waals surface area contributed by atoms with E-state index in [4.69, 9.17) is 4.18 Å². The molecular formula is C8H18O3S. The lowest BCUT2D eigenvalue weighted by molar-refractivity contribution is 0.203. The van der Waals surface area contributed by atoms with Gasteiger partial charge < -0.3 is 0 Å². The number of hydrogen-bond acceptors (Lipinski definition) is 3. The van der Waals surface area contributed by atoms with Gasteiger partial charge in [-0.2, -0.15) is 8.42 Å². The van der Waals surface area contributed by atoms with Crippen molar-refractivity contribution in [3.05, 3.63) is 0 Å². The SMILES string of the molecule is CCCS(=O)(=O)OCC(C)(C)C. The summed E-state index contributed by atoms with van der Waals surface area (Å²) in [5, 5.41) is 0. The molecule has 74 valence electrons. The van der Waals surface area contributed by atoms with E-state index >= 15 is 0 Å². The summed E-state index contributed by atoms with van der Waals surface area (Å²) in [5.41, 5.74) is -0.0964. The van der Waals surface area contributed by atoms with Gasteiger partial charge >= 0.3 is 0 Å². The molecule has 0 saturated heterocycles. The van der Waals surface area contributed by atoms with Crippen molar-refractivity contribution in [2.45, 2.75) is 34.1 Å². The molecule has 0 heterocycles. The first kappa shape index (κ1) is 11.9. The van der Waals surface area contributed by atoms with Gasteiger partial charge in [0.25, 0.3) is 10.1 Å². The largest absolute Gasteiger partial charge is 0.270 e. The first-order valence-electron chi connectivity index (χ1n) is 4.14. The van der Waals surface area contributed by atoms with Crippen LogP contribution in [0.1, 0.15) is 34.1 Å². The van der Waals surface area contributed by atoms with Crippen molar-refractivity contribution in [2.75, 3.05) is 12.4 Å². The van der Waals surface area contributed by atoms with Gasteiger partial charge in [0, 0.05) is 0 Å². The highest BCUT2D eigenvalue weighted by Crippen LogP contribution is 2.14. The zero-order valence-electron chi connectivity index (χ0n) is 8.25. The fourth-order valence-electron chi connectivity index (χ4n) is 0.575. The molecule has 0 aliphatic heterocycles. The van der Waals surface area contributed by atoms with E-state index in [1.165, 1.54) is 0 Å². The highest BCUT2D eigenvalue weighted by atomic mass is 32.2. The molecule has 0 aliphatic rings. The summed E-state index contributed by atoms with van der Waals surface area (Å²) in [4.78, 5) is 0. The van der Waals surface area contributed by atoms with Crippen LogP contribution in [0.3, 0.4) is 0 Å². The monoisotopic (exact) mass is 194 g/mol. The molecule has 0 N–H and O–H groups in total. The molecule has 0 atom stereocenters. The number of hydrogen-bond donors (Lipinski definition) is 0. The van der Waals surface area contributed by atoms with Crippen LogP contribution in [0.4, 0.5) is 0 Å². The summed E-state index contributed by atoms with van der Waals surface area (Å²) in [6, 6.07) is 0. The topological polar surface area (TPSA) is 43.4 Å². The van der Waals surface area contributed by atoms with Crippen molar-refractivity contribution in [2.24, 2.45) is 5.41 Å². The third-order valence-electron chi connectivity index (χ3n) is 1.13. The van der Waals surface area contributed by atoms with Crippen molar-refractivity contribution in [1.29, 1.82) is 0 Å². The lowest BCUT2D eigenvalue weighted by Gasteiger charge is -2.17. The van der Waals surface area contributed by atoms with Gasteiger partial charge in [0.05, 0.1) is 12.4 Å². The Labute approximate surface area is 75.2 Å². The Morgan fingerprint density at radius 3 is 2.08 bits per heavy atom. The molecule has 0 radical (unpaired) electrons. The summed E-state index contributed by atoms with van der Waals surface area (Å²) >= 11 is 0. The quantitative estimate of drug-likeness (QED) is 0.641. The van der Waals surface area contributed by atoms with Crippen molar-refractivity contribution < 1.29 is 12.6 Å². The maximum absolute atomic E-state index is 11.1. The Bertz CT molecular complexity index is 211. The van der Waals surface area contributed by atoms with E-state index in [0.717, 1.165) is 0 Å². The van der Waals surface area contributed by atoms with Crippen molar-refractivity contribution in [3.63, 3.8) is 0 Å². The van der Waals surface area contributed by atoms with Gasteiger partial charge in [0.2, 0.25) is 0 Å². The summed E-state index contributed by atoms with van der Waals surface area (Å²) in [5.74, 6) is 0.114. The van der Waals surface area contributed by atoms with Crippen LogP contribution in [0.15, 0.2) is 0 Å². The molecule has 0 fully saturated rings. The van der Waals surface area contributed by atoms with E-state index in [1.54, 1.807) is 0 Å². The zero-order valence-corrected chi connectivity index (χ0v) is 9.07. The van der Waals surface area contributed by atoms with Crippen LogP contribution in [-0.2, 0) is 14.3 Å². The first-order chi connectivity index (χ1) is 5.27. The Balaban J connectivity index is 3.94. The van der Waals surface area contributed by atoms with Crippen LogP contribution < -0.4 is 0 Å². The maximum atomic E-state index is 11.1. The molecule has 0 unspecified atom stereocenters. The van der Waals surface area contributed by atoms with E-state index in [1.807, 2.05) is 27.7 Å². The summed E-state index contributed by atoms with van der Waals surface area (Å²) < 4.78 is 26.9.